The van der Waals surface area contributed by atoms with E-state index in [4.69, 9.17) is 0 Å². The minimum absolute atomic E-state index is 0.115. The molecule has 1 heterocycles. The van der Waals surface area contributed by atoms with Crippen molar-refractivity contribution >= 4 is 15.8 Å². The molecule has 0 atom stereocenters. The second-order valence-electron chi connectivity index (χ2n) is 6.75. The van der Waals surface area contributed by atoms with Crippen molar-refractivity contribution in [1.29, 1.82) is 0 Å². The minimum atomic E-state index is -3.09. The van der Waals surface area contributed by atoms with Crippen LogP contribution in [0.5, 0.6) is 0 Å². The lowest BCUT2D eigenvalue weighted by Gasteiger charge is -2.39. The van der Waals surface area contributed by atoms with Crippen molar-refractivity contribution in [3.8, 4) is 0 Å². The zero-order valence-corrected chi connectivity index (χ0v) is 15.6. The van der Waals surface area contributed by atoms with Crippen LogP contribution in [0.4, 0.5) is 4.39 Å². The molecule has 1 saturated heterocycles. The maximum atomic E-state index is 13.7. The van der Waals surface area contributed by atoms with Crippen LogP contribution in [-0.4, -0.2) is 49.4 Å². The first kappa shape index (κ1) is 18.7. The SMILES string of the molecule is CCNC(=NCc1ccc(C)c(F)c1)N1CCS(=O)(=O)C(C)(C)C1. The minimum Gasteiger partial charge on any atom is -0.357 e. The molecule has 0 aromatic heterocycles. The summed E-state index contributed by atoms with van der Waals surface area (Å²) in [4.78, 5) is 6.53. The van der Waals surface area contributed by atoms with Crippen LogP contribution < -0.4 is 5.32 Å². The summed E-state index contributed by atoms with van der Waals surface area (Å²) >= 11 is 0. The predicted molar refractivity (Wildman–Crippen MR) is 95.4 cm³/mol. The van der Waals surface area contributed by atoms with Crippen molar-refractivity contribution in [3.63, 3.8) is 0 Å². The molecule has 0 amide bonds. The smallest absolute Gasteiger partial charge is 0.194 e. The summed E-state index contributed by atoms with van der Waals surface area (Å²) in [5.74, 6) is 0.545. The summed E-state index contributed by atoms with van der Waals surface area (Å²) in [5.41, 5.74) is 1.40. The van der Waals surface area contributed by atoms with Crippen LogP contribution in [0.3, 0.4) is 0 Å². The number of halogens is 1. The van der Waals surface area contributed by atoms with Gasteiger partial charge in [0.05, 0.1) is 17.0 Å². The zero-order valence-electron chi connectivity index (χ0n) is 14.8. The third kappa shape index (κ3) is 4.06. The van der Waals surface area contributed by atoms with Gasteiger partial charge in [0.2, 0.25) is 0 Å². The molecule has 24 heavy (non-hydrogen) atoms. The first-order valence-corrected chi connectivity index (χ1v) is 9.82. The average molecular weight is 355 g/mol. The van der Waals surface area contributed by atoms with Crippen LogP contribution in [0.25, 0.3) is 0 Å². The highest BCUT2D eigenvalue weighted by molar-refractivity contribution is 7.92. The fourth-order valence-corrected chi connectivity index (χ4v) is 4.02. The van der Waals surface area contributed by atoms with Crippen molar-refractivity contribution in [2.24, 2.45) is 4.99 Å². The largest absolute Gasteiger partial charge is 0.357 e. The first-order chi connectivity index (χ1) is 11.2. The van der Waals surface area contributed by atoms with Crippen LogP contribution in [0.15, 0.2) is 23.2 Å². The standard InChI is InChI=1S/C17H26FN3O2S/c1-5-19-16(20-11-14-7-6-13(2)15(18)10-14)21-8-9-24(22,23)17(3,4)12-21/h6-7,10H,5,8-9,11-12H2,1-4H3,(H,19,20). The average Bonchev–Trinajstić information content (AvgIpc) is 2.50. The van der Waals surface area contributed by atoms with Gasteiger partial charge in [0, 0.05) is 19.6 Å². The molecule has 7 heteroatoms. The molecule has 1 N–H and O–H groups in total. The van der Waals surface area contributed by atoms with Crippen LogP contribution in [0.2, 0.25) is 0 Å². The van der Waals surface area contributed by atoms with Gasteiger partial charge < -0.3 is 10.2 Å². The summed E-state index contributed by atoms with van der Waals surface area (Å²) in [6.07, 6.45) is 0. The summed E-state index contributed by atoms with van der Waals surface area (Å²) in [6.45, 7) is 9.02. The highest BCUT2D eigenvalue weighted by atomic mass is 32.2. The van der Waals surface area contributed by atoms with Gasteiger partial charge in [-0.1, -0.05) is 12.1 Å². The van der Waals surface area contributed by atoms with Gasteiger partial charge in [-0.05, 0) is 44.9 Å². The molecule has 0 aliphatic carbocycles. The van der Waals surface area contributed by atoms with E-state index in [1.807, 2.05) is 17.9 Å². The normalized spacial score (nSPS) is 20.0. The predicted octanol–water partition coefficient (Wildman–Crippen LogP) is 2.11. The number of benzene rings is 1. The van der Waals surface area contributed by atoms with Crippen LogP contribution in [0, 0.1) is 12.7 Å². The van der Waals surface area contributed by atoms with E-state index in [9.17, 15) is 12.8 Å². The molecule has 0 radical (unpaired) electrons. The summed E-state index contributed by atoms with van der Waals surface area (Å²) < 4.78 is 37.1. The lowest BCUT2D eigenvalue weighted by molar-refractivity contribution is 0.353. The Morgan fingerprint density at radius 1 is 1.42 bits per heavy atom. The van der Waals surface area contributed by atoms with Gasteiger partial charge in [0.15, 0.2) is 15.8 Å². The number of nitrogens with zero attached hydrogens (tertiary/aromatic N) is 2. The van der Waals surface area contributed by atoms with Crippen molar-refractivity contribution < 1.29 is 12.8 Å². The second-order valence-corrected chi connectivity index (χ2v) is 9.50. The molecule has 2 rings (SSSR count). The quantitative estimate of drug-likeness (QED) is 0.666. The Labute approximate surface area is 143 Å². The fraction of sp³-hybridized carbons (Fsp3) is 0.588. The van der Waals surface area contributed by atoms with Crippen molar-refractivity contribution in [2.45, 2.75) is 39.0 Å². The Morgan fingerprint density at radius 2 is 2.12 bits per heavy atom. The third-order valence-corrected chi connectivity index (χ3v) is 6.86. The van der Waals surface area contributed by atoms with E-state index in [2.05, 4.69) is 10.3 Å². The Hall–Kier alpha value is -1.63. The summed E-state index contributed by atoms with van der Waals surface area (Å²) in [6, 6.07) is 5.09. The molecule has 5 nitrogen and oxygen atoms in total. The number of nitrogens with one attached hydrogen (secondary N) is 1. The van der Waals surface area contributed by atoms with Gasteiger partial charge in [-0.15, -0.1) is 0 Å². The van der Waals surface area contributed by atoms with E-state index < -0.39 is 14.6 Å². The monoisotopic (exact) mass is 355 g/mol. The number of guanidine groups is 1. The molecule has 0 saturated carbocycles. The number of aliphatic imine (C=N–C) groups is 1. The van der Waals surface area contributed by atoms with E-state index >= 15 is 0 Å². The van der Waals surface area contributed by atoms with Crippen molar-refractivity contribution in [3.05, 3.63) is 35.1 Å². The summed E-state index contributed by atoms with van der Waals surface area (Å²) in [5, 5.41) is 3.20. The molecule has 1 aromatic carbocycles. The zero-order chi connectivity index (χ0) is 18.0. The molecular formula is C17H26FN3O2S. The Kier molecular flexibility index (Phi) is 5.52. The van der Waals surface area contributed by atoms with Gasteiger partial charge in [-0.3, -0.25) is 0 Å². The van der Waals surface area contributed by atoms with E-state index in [-0.39, 0.29) is 11.6 Å². The Morgan fingerprint density at radius 3 is 2.71 bits per heavy atom. The maximum absolute atomic E-state index is 13.7. The third-order valence-electron chi connectivity index (χ3n) is 4.33. The number of rotatable bonds is 3. The van der Waals surface area contributed by atoms with Gasteiger partial charge in [0.25, 0.3) is 0 Å². The van der Waals surface area contributed by atoms with Crippen LogP contribution in [0.1, 0.15) is 31.9 Å². The topological polar surface area (TPSA) is 61.8 Å². The molecule has 1 aliphatic rings. The van der Waals surface area contributed by atoms with Gasteiger partial charge in [-0.25, -0.2) is 17.8 Å². The molecule has 134 valence electrons. The highest BCUT2D eigenvalue weighted by Crippen LogP contribution is 2.23. The lowest BCUT2D eigenvalue weighted by Crippen LogP contribution is -2.57. The molecule has 0 bridgehead atoms. The second kappa shape index (κ2) is 7.09. The molecule has 0 spiro atoms. The van der Waals surface area contributed by atoms with Gasteiger partial charge in [0.1, 0.15) is 5.82 Å². The summed E-state index contributed by atoms with van der Waals surface area (Å²) in [7, 11) is -3.09. The fourth-order valence-electron chi connectivity index (χ4n) is 2.65. The molecule has 1 aromatic rings. The molecular weight excluding hydrogens is 329 g/mol. The Balaban J connectivity index is 2.18. The number of sulfone groups is 1. The Bertz CT molecular complexity index is 729. The molecule has 0 unspecified atom stereocenters. The van der Waals surface area contributed by atoms with Crippen LogP contribution >= 0.6 is 0 Å². The number of hydrogen-bond acceptors (Lipinski definition) is 3. The van der Waals surface area contributed by atoms with Gasteiger partial charge in [-0.2, -0.15) is 0 Å². The first-order valence-electron chi connectivity index (χ1n) is 8.17. The van der Waals surface area contributed by atoms with E-state index in [1.54, 1.807) is 26.8 Å². The van der Waals surface area contributed by atoms with Gasteiger partial charge >= 0.3 is 0 Å². The van der Waals surface area contributed by atoms with Crippen molar-refractivity contribution in [1.82, 2.24) is 10.2 Å². The number of hydrogen-bond donors (Lipinski definition) is 1. The van der Waals surface area contributed by atoms with Crippen LogP contribution in [-0.2, 0) is 16.4 Å². The van der Waals surface area contributed by atoms with E-state index in [1.165, 1.54) is 6.07 Å². The van der Waals surface area contributed by atoms with E-state index in [0.29, 0.717) is 37.7 Å². The molecule has 1 fully saturated rings. The molecule has 1 aliphatic heterocycles. The highest BCUT2D eigenvalue weighted by Gasteiger charge is 2.40. The van der Waals surface area contributed by atoms with Crippen molar-refractivity contribution in [2.75, 3.05) is 25.4 Å². The maximum Gasteiger partial charge on any atom is 0.194 e. The number of aryl methyl sites for hydroxylation is 1. The van der Waals surface area contributed by atoms with E-state index in [0.717, 1.165) is 5.56 Å². The lowest BCUT2D eigenvalue weighted by atomic mass is 10.1.